The van der Waals surface area contributed by atoms with E-state index in [4.69, 9.17) is 0 Å². The van der Waals surface area contributed by atoms with E-state index in [1.165, 1.54) is 5.56 Å². The van der Waals surface area contributed by atoms with Gasteiger partial charge in [0.25, 0.3) is 0 Å². The van der Waals surface area contributed by atoms with Crippen molar-refractivity contribution in [3.63, 3.8) is 0 Å². The van der Waals surface area contributed by atoms with Crippen LogP contribution in [0.25, 0.3) is 0 Å². The van der Waals surface area contributed by atoms with E-state index in [1.807, 2.05) is 35.0 Å². The predicted octanol–water partition coefficient (Wildman–Crippen LogP) is 3.18. The van der Waals surface area contributed by atoms with Gasteiger partial charge in [-0.25, -0.2) is 4.79 Å². The average molecular weight is 274 g/mol. The lowest BCUT2D eigenvalue weighted by molar-refractivity contribution is 0.240. The number of nitrogens with one attached hydrogen (secondary N) is 2. The van der Waals surface area contributed by atoms with Gasteiger partial charge in [-0.05, 0) is 40.8 Å². The Balaban J connectivity index is 1.57. The molecule has 0 aliphatic carbocycles. The topological polar surface area (TPSA) is 41.1 Å². The Bertz CT molecular complexity index is 482. The van der Waals surface area contributed by atoms with Crippen molar-refractivity contribution in [1.82, 2.24) is 10.6 Å². The van der Waals surface area contributed by atoms with Gasteiger partial charge in [0.2, 0.25) is 0 Å². The van der Waals surface area contributed by atoms with Crippen molar-refractivity contribution in [3.05, 3.63) is 58.3 Å². The fraction of sp³-hybridized carbons (Fsp3) is 0.267. The Morgan fingerprint density at radius 1 is 1.05 bits per heavy atom. The van der Waals surface area contributed by atoms with E-state index >= 15 is 0 Å². The van der Waals surface area contributed by atoms with E-state index < -0.39 is 0 Å². The van der Waals surface area contributed by atoms with Crippen LogP contribution in [0, 0.1) is 0 Å². The van der Waals surface area contributed by atoms with Gasteiger partial charge in [-0.2, -0.15) is 11.3 Å². The van der Waals surface area contributed by atoms with E-state index in [-0.39, 0.29) is 6.03 Å². The van der Waals surface area contributed by atoms with Crippen molar-refractivity contribution >= 4 is 17.4 Å². The molecule has 0 saturated heterocycles. The van der Waals surface area contributed by atoms with E-state index in [2.05, 4.69) is 22.8 Å². The fourth-order valence-electron chi connectivity index (χ4n) is 1.78. The van der Waals surface area contributed by atoms with Crippen LogP contribution in [-0.2, 0) is 13.0 Å². The van der Waals surface area contributed by atoms with Crippen LogP contribution < -0.4 is 10.6 Å². The number of hydrogen-bond acceptors (Lipinski definition) is 2. The van der Waals surface area contributed by atoms with E-state index in [1.54, 1.807) is 11.3 Å². The number of aryl methyl sites for hydroxylation is 1. The van der Waals surface area contributed by atoms with Gasteiger partial charge in [-0.15, -0.1) is 0 Å². The van der Waals surface area contributed by atoms with Crippen molar-refractivity contribution in [2.75, 3.05) is 6.54 Å². The first-order valence-corrected chi connectivity index (χ1v) is 7.35. The second-order valence-electron chi connectivity index (χ2n) is 4.33. The minimum absolute atomic E-state index is 0.0979. The first-order valence-electron chi connectivity index (χ1n) is 6.41. The maximum Gasteiger partial charge on any atom is 0.315 e. The van der Waals surface area contributed by atoms with Gasteiger partial charge >= 0.3 is 6.03 Å². The molecule has 0 bridgehead atoms. The molecule has 0 aliphatic heterocycles. The highest BCUT2D eigenvalue weighted by Crippen LogP contribution is 2.04. The summed E-state index contributed by atoms with van der Waals surface area (Å²) in [6, 6.07) is 12.2. The van der Waals surface area contributed by atoms with Gasteiger partial charge in [0, 0.05) is 13.1 Å². The van der Waals surface area contributed by atoms with E-state index in [0.29, 0.717) is 13.1 Å². The molecule has 19 heavy (non-hydrogen) atoms. The zero-order valence-electron chi connectivity index (χ0n) is 10.8. The van der Waals surface area contributed by atoms with Gasteiger partial charge in [-0.1, -0.05) is 30.3 Å². The standard InChI is InChI=1S/C15H18N2OS/c18-15(17-11-14-8-10-19-12-14)16-9-4-7-13-5-2-1-3-6-13/h1-3,5-6,8,10,12H,4,7,9,11H2,(H2,16,17,18). The van der Waals surface area contributed by atoms with Crippen LogP contribution in [0.2, 0.25) is 0 Å². The number of carbonyl (C=O) groups excluding carboxylic acids is 1. The lowest BCUT2D eigenvalue weighted by Gasteiger charge is -2.06. The third kappa shape index (κ3) is 5.14. The van der Waals surface area contributed by atoms with Crippen LogP contribution in [-0.4, -0.2) is 12.6 Å². The lowest BCUT2D eigenvalue weighted by Crippen LogP contribution is -2.35. The van der Waals surface area contributed by atoms with Crippen LogP contribution in [0.3, 0.4) is 0 Å². The molecule has 0 aliphatic rings. The number of carbonyl (C=O) groups is 1. The first-order chi connectivity index (χ1) is 9.34. The van der Waals surface area contributed by atoms with Crippen LogP contribution in [0.4, 0.5) is 4.79 Å². The number of hydrogen-bond donors (Lipinski definition) is 2. The molecule has 1 aromatic carbocycles. The third-order valence-corrected chi connectivity index (χ3v) is 3.54. The monoisotopic (exact) mass is 274 g/mol. The Morgan fingerprint density at radius 2 is 1.89 bits per heavy atom. The maximum absolute atomic E-state index is 11.5. The lowest BCUT2D eigenvalue weighted by atomic mass is 10.1. The summed E-state index contributed by atoms with van der Waals surface area (Å²) in [5.41, 5.74) is 2.45. The molecule has 2 N–H and O–H groups in total. The molecule has 3 nitrogen and oxygen atoms in total. The normalized spacial score (nSPS) is 10.1. The van der Waals surface area contributed by atoms with Gasteiger partial charge in [0.15, 0.2) is 0 Å². The predicted molar refractivity (Wildman–Crippen MR) is 79.3 cm³/mol. The highest BCUT2D eigenvalue weighted by atomic mass is 32.1. The number of thiophene rings is 1. The molecular weight excluding hydrogens is 256 g/mol. The number of amides is 2. The molecule has 1 heterocycles. The quantitative estimate of drug-likeness (QED) is 0.780. The van der Waals surface area contributed by atoms with Crippen molar-refractivity contribution in [3.8, 4) is 0 Å². The Morgan fingerprint density at radius 3 is 2.63 bits per heavy atom. The molecule has 2 amide bonds. The summed E-state index contributed by atoms with van der Waals surface area (Å²) in [7, 11) is 0. The Kier molecular flexibility index (Phi) is 5.44. The summed E-state index contributed by atoms with van der Waals surface area (Å²) >= 11 is 1.64. The SMILES string of the molecule is O=C(NCCCc1ccccc1)NCc1ccsc1. The Labute approximate surface area is 117 Å². The average Bonchev–Trinajstić information content (AvgIpc) is 2.96. The van der Waals surface area contributed by atoms with Crippen LogP contribution in [0.5, 0.6) is 0 Å². The first kappa shape index (κ1) is 13.6. The minimum Gasteiger partial charge on any atom is -0.338 e. The van der Waals surface area contributed by atoms with Crippen LogP contribution >= 0.6 is 11.3 Å². The number of rotatable bonds is 6. The molecule has 2 rings (SSSR count). The van der Waals surface area contributed by atoms with E-state index in [9.17, 15) is 4.79 Å². The zero-order chi connectivity index (χ0) is 13.3. The van der Waals surface area contributed by atoms with Gasteiger partial charge in [-0.3, -0.25) is 0 Å². The molecule has 0 fully saturated rings. The van der Waals surface area contributed by atoms with E-state index in [0.717, 1.165) is 18.4 Å². The molecular formula is C15H18N2OS. The summed E-state index contributed by atoms with van der Waals surface area (Å²) in [5, 5.41) is 9.76. The van der Waals surface area contributed by atoms with Gasteiger partial charge < -0.3 is 10.6 Å². The molecule has 1 aromatic heterocycles. The van der Waals surface area contributed by atoms with Crippen molar-refractivity contribution < 1.29 is 4.79 Å². The molecule has 2 aromatic rings. The molecule has 100 valence electrons. The number of urea groups is 1. The van der Waals surface area contributed by atoms with Crippen molar-refractivity contribution in [2.24, 2.45) is 0 Å². The summed E-state index contributed by atoms with van der Waals surface area (Å²) in [5.74, 6) is 0. The molecule has 0 unspecified atom stereocenters. The summed E-state index contributed by atoms with van der Waals surface area (Å²) in [6.45, 7) is 1.29. The molecule has 4 heteroatoms. The highest BCUT2D eigenvalue weighted by molar-refractivity contribution is 7.07. The smallest absolute Gasteiger partial charge is 0.315 e. The molecule has 0 atom stereocenters. The molecule has 0 spiro atoms. The highest BCUT2D eigenvalue weighted by Gasteiger charge is 2.00. The van der Waals surface area contributed by atoms with Crippen molar-refractivity contribution in [1.29, 1.82) is 0 Å². The zero-order valence-corrected chi connectivity index (χ0v) is 11.6. The summed E-state index contributed by atoms with van der Waals surface area (Å²) in [4.78, 5) is 11.5. The third-order valence-electron chi connectivity index (χ3n) is 2.80. The number of benzene rings is 1. The van der Waals surface area contributed by atoms with Gasteiger partial charge in [0.05, 0.1) is 0 Å². The van der Waals surface area contributed by atoms with Crippen molar-refractivity contribution in [2.45, 2.75) is 19.4 Å². The van der Waals surface area contributed by atoms with Crippen LogP contribution in [0.15, 0.2) is 47.2 Å². The molecule has 0 saturated carbocycles. The second kappa shape index (κ2) is 7.59. The fourth-order valence-corrected chi connectivity index (χ4v) is 2.45. The summed E-state index contributed by atoms with van der Waals surface area (Å²) in [6.07, 6.45) is 1.95. The second-order valence-corrected chi connectivity index (χ2v) is 5.11. The van der Waals surface area contributed by atoms with Gasteiger partial charge in [0.1, 0.15) is 0 Å². The summed E-state index contributed by atoms with van der Waals surface area (Å²) < 4.78 is 0. The maximum atomic E-state index is 11.5. The van der Waals surface area contributed by atoms with Crippen LogP contribution in [0.1, 0.15) is 17.5 Å². The minimum atomic E-state index is -0.0979. The molecule has 0 radical (unpaired) electrons. The largest absolute Gasteiger partial charge is 0.338 e. The Hall–Kier alpha value is -1.81.